The Morgan fingerprint density at radius 1 is 1.23 bits per heavy atom. The molecule has 2 aromatic carbocycles. The van der Waals surface area contributed by atoms with Crippen molar-refractivity contribution in [3.05, 3.63) is 71.4 Å². The molecule has 0 radical (unpaired) electrons. The molecule has 2 heterocycles. The highest BCUT2D eigenvalue weighted by molar-refractivity contribution is 6.07. The van der Waals surface area contributed by atoms with Crippen LogP contribution in [0.5, 0.6) is 0 Å². The average molecular weight is 399 g/mol. The SMILES string of the molecule is Cc1cc([C@@H](C)Nc2ccccc2C(=O)O)c2c(c1)c1ncccc1n2CC1CC1. The fourth-order valence-corrected chi connectivity index (χ4v) is 4.42. The van der Waals surface area contributed by atoms with Crippen molar-refractivity contribution < 1.29 is 9.90 Å². The van der Waals surface area contributed by atoms with Crippen molar-refractivity contribution in [2.75, 3.05) is 5.32 Å². The Labute approximate surface area is 175 Å². The first-order valence-electron chi connectivity index (χ1n) is 10.5. The summed E-state index contributed by atoms with van der Waals surface area (Å²) in [5.41, 5.74) is 6.68. The van der Waals surface area contributed by atoms with E-state index in [9.17, 15) is 9.90 Å². The molecule has 0 saturated heterocycles. The van der Waals surface area contributed by atoms with E-state index >= 15 is 0 Å². The molecular formula is C25H25N3O2. The van der Waals surface area contributed by atoms with E-state index in [-0.39, 0.29) is 11.6 Å². The zero-order valence-electron chi connectivity index (χ0n) is 17.2. The maximum absolute atomic E-state index is 11.7. The highest BCUT2D eigenvalue weighted by Crippen LogP contribution is 2.38. The first-order valence-corrected chi connectivity index (χ1v) is 10.5. The molecule has 1 fully saturated rings. The van der Waals surface area contributed by atoms with Crippen molar-refractivity contribution >= 4 is 33.6 Å². The van der Waals surface area contributed by atoms with Crippen molar-refractivity contribution in [1.82, 2.24) is 9.55 Å². The maximum Gasteiger partial charge on any atom is 0.337 e. The van der Waals surface area contributed by atoms with Crippen LogP contribution in [-0.4, -0.2) is 20.6 Å². The molecule has 30 heavy (non-hydrogen) atoms. The van der Waals surface area contributed by atoms with E-state index in [4.69, 9.17) is 4.98 Å². The van der Waals surface area contributed by atoms with Crippen molar-refractivity contribution in [1.29, 1.82) is 0 Å². The maximum atomic E-state index is 11.7. The van der Waals surface area contributed by atoms with Gasteiger partial charge in [0.25, 0.3) is 0 Å². The van der Waals surface area contributed by atoms with Gasteiger partial charge in [-0.1, -0.05) is 18.2 Å². The van der Waals surface area contributed by atoms with E-state index < -0.39 is 5.97 Å². The molecule has 5 nitrogen and oxygen atoms in total. The molecule has 1 aliphatic rings. The van der Waals surface area contributed by atoms with E-state index in [0.717, 1.165) is 18.0 Å². The summed E-state index contributed by atoms with van der Waals surface area (Å²) in [6, 6.07) is 15.6. The quantitative estimate of drug-likeness (QED) is 0.431. The summed E-state index contributed by atoms with van der Waals surface area (Å²) in [5.74, 6) is -0.194. The van der Waals surface area contributed by atoms with Crippen LogP contribution in [0.15, 0.2) is 54.7 Å². The van der Waals surface area contributed by atoms with Crippen LogP contribution in [0.2, 0.25) is 0 Å². The number of anilines is 1. The van der Waals surface area contributed by atoms with Crippen molar-refractivity contribution in [3.63, 3.8) is 0 Å². The summed E-state index contributed by atoms with van der Waals surface area (Å²) in [6.07, 6.45) is 4.42. The van der Waals surface area contributed by atoms with Gasteiger partial charge in [0, 0.05) is 23.8 Å². The van der Waals surface area contributed by atoms with Crippen LogP contribution in [0.3, 0.4) is 0 Å². The Morgan fingerprint density at radius 2 is 2.03 bits per heavy atom. The number of nitrogens with one attached hydrogen (secondary N) is 1. The zero-order chi connectivity index (χ0) is 20.8. The number of carboxylic acid groups (broad SMARTS) is 1. The zero-order valence-corrected chi connectivity index (χ0v) is 17.2. The first-order chi connectivity index (χ1) is 14.5. The summed E-state index contributed by atoms with van der Waals surface area (Å²) >= 11 is 0. The number of fused-ring (bicyclic) bond motifs is 3. The Balaban J connectivity index is 1.68. The van der Waals surface area contributed by atoms with Gasteiger partial charge in [0.1, 0.15) is 0 Å². The van der Waals surface area contributed by atoms with Gasteiger partial charge in [-0.05, 0) is 74.1 Å². The molecule has 1 atom stereocenters. The molecule has 2 N–H and O–H groups in total. The Morgan fingerprint density at radius 3 is 2.80 bits per heavy atom. The van der Waals surface area contributed by atoms with Gasteiger partial charge in [-0.2, -0.15) is 0 Å². The third-order valence-electron chi connectivity index (χ3n) is 6.02. The van der Waals surface area contributed by atoms with E-state index in [0.29, 0.717) is 5.69 Å². The lowest BCUT2D eigenvalue weighted by Gasteiger charge is -2.20. The van der Waals surface area contributed by atoms with Crippen LogP contribution in [0, 0.1) is 12.8 Å². The van der Waals surface area contributed by atoms with Crippen LogP contribution >= 0.6 is 0 Å². The Bertz CT molecular complexity index is 1270. The smallest absolute Gasteiger partial charge is 0.337 e. The molecule has 0 amide bonds. The van der Waals surface area contributed by atoms with Gasteiger partial charge < -0.3 is 15.0 Å². The third-order valence-corrected chi connectivity index (χ3v) is 6.02. The number of pyridine rings is 1. The highest BCUT2D eigenvalue weighted by Gasteiger charge is 2.26. The lowest BCUT2D eigenvalue weighted by Crippen LogP contribution is -2.12. The van der Waals surface area contributed by atoms with Crippen LogP contribution in [0.1, 0.15) is 47.3 Å². The second-order valence-corrected chi connectivity index (χ2v) is 8.39. The molecule has 5 heteroatoms. The largest absolute Gasteiger partial charge is 0.478 e. The summed E-state index contributed by atoms with van der Waals surface area (Å²) in [6.45, 7) is 5.20. The fraction of sp³-hybridized carbons (Fsp3) is 0.280. The summed E-state index contributed by atoms with van der Waals surface area (Å²) in [5, 5.41) is 14.2. The van der Waals surface area contributed by atoms with Crippen LogP contribution < -0.4 is 5.32 Å². The van der Waals surface area contributed by atoms with E-state index in [2.05, 4.69) is 41.9 Å². The molecule has 152 valence electrons. The van der Waals surface area contributed by atoms with E-state index in [1.165, 1.54) is 40.4 Å². The Kier molecular flexibility index (Phi) is 4.46. The minimum atomic E-state index is -0.924. The molecule has 2 aromatic heterocycles. The number of aromatic carboxylic acids is 1. The molecular weight excluding hydrogens is 374 g/mol. The normalized spacial score (nSPS) is 14.9. The number of hydrogen-bond donors (Lipinski definition) is 2. The fourth-order valence-electron chi connectivity index (χ4n) is 4.42. The summed E-state index contributed by atoms with van der Waals surface area (Å²) in [7, 11) is 0. The van der Waals surface area contributed by atoms with Gasteiger partial charge in [0.2, 0.25) is 0 Å². The highest BCUT2D eigenvalue weighted by atomic mass is 16.4. The molecule has 1 aliphatic carbocycles. The minimum absolute atomic E-state index is 0.0600. The second-order valence-electron chi connectivity index (χ2n) is 8.39. The van der Waals surface area contributed by atoms with Crippen molar-refractivity contribution in [2.45, 2.75) is 39.3 Å². The molecule has 5 rings (SSSR count). The van der Waals surface area contributed by atoms with Crippen LogP contribution in [-0.2, 0) is 6.54 Å². The number of hydrogen-bond acceptors (Lipinski definition) is 3. The topological polar surface area (TPSA) is 67.2 Å². The number of carbonyl (C=O) groups is 1. The molecule has 0 bridgehead atoms. The number of aromatic nitrogens is 2. The predicted molar refractivity (Wildman–Crippen MR) is 120 cm³/mol. The van der Waals surface area contributed by atoms with Gasteiger partial charge in [-0.15, -0.1) is 0 Å². The molecule has 0 aliphatic heterocycles. The first kappa shape index (κ1) is 18.7. The number of para-hydroxylation sites is 1. The lowest BCUT2D eigenvalue weighted by atomic mass is 10.0. The number of nitrogens with zero attached hydrogens (tertiary/aromatic N) is 2. The molecule has 4 aromatic rings. The molecule has 1 saturated carbocycles. The minimum Gasteiger partial charge on any atom is -0.478 e. The van der Waals surface area contributed by atoms with Gasteiger partial charge >= 0.3 is 5.97 Å². The predicted octanol–water partition coefficient (Wildman–Crippen LogP) is 5.78. The van der Waals surface area contributed by atoms with E-state index in [1.54, 1.807) is 12.1 Å². The average Bonchev–Trinajstić information content (AvgIpc) is 3.51. The van der Waals surface area contributed by atoms with Gasteiger partial charge in [-0.25, -0.2) is 4.79 Å². The van der Waals surface area contributed by atoms with Crippen molar-refractivity contribution in [2.24, 2.45) is 5.92 Å². The number of benzene rings is 2. The van der Waals surface area contributed by atoms with Gasteiger partial charge in [0.05, 0.1) is 28.2 Å². The van der Waals surface area contributed by atoms with Crippen molar-refractivity contribution in [3.8, 4) is 0 Å². The standard InChI is InChI=1S/C25H25N3O2/c1-15-12-19(16(2)27-21-7-4-3-6-18(21)25(29)30)24-20(13-15)23-22(8-5-11-26-23)28(24)14-17-9-10-17/h3-8,11-13,16-17,27H,9-10,14H2,1-2H3,(H,29,30)/t16-/m1/s1. The Hall–Kier alpha value is -3.34. The van der Waals surface area contributed by atoms with E-state index in [1.807, 2.05) is 24.4 Å². The van der Waals surface area contributed by atoms with Crippen LogP contribution in [0.4, 0.5) is 5.69 Å². The van der Waals surface area contributed by atoms with Crippen LogP contribution in [0.25, 0.3) is 21.9 Å². The molecule has 0 spiro atoms. The number of rotatable bonds is 6. The lowest BCUT2D eigenvalue weighted by molar-refractivity contribution is 0.0698. The third kappa shape index (κ3) is 3.20. The molecule has 0 unspecified atom stereocenters. The number of aryl methyl sites for hydroxylation is 1. The van der Waals surface area contributed by atoms with Gasteiger partial charge in [-0.3, -0.25) is 4.98 Å². The second kappa shape index (κ2) is 7.17. The van der Waals surface area contributed by atoms with Gasteiger partial charge in [0.15, 0.2) is 0 Å². The summed E-state index contributed by atoms with van der Waals surface area (Å²) in [4.78, 5) is 16.4. The monoisotopic (exact) mass is 399 g/mol. The number of carboxylic acids is 1. The summed E-state index contributed by atoms with van der Waals surface area (Å²) < 4.78 is 2.42.